The van der Waals surface area contributed by atoms with Gasteiger partial charge in [0.25, 0.3) is 0 Å². The van der Waals surface area contributed by atoms with E-state index in [1.54, 1.807) is 44.2 Å². The number of nitriles is 2. The normalized spacial score (nSPS) is 24.0. The lowest BCUT2D eigenvalue weighted by Gasteiger charge is -2.46. The molecular weight excluding hydrogens is 424 g/mol. The summed E-state index contributed by atoms with van der Waals surface area (Å²) in [7, 11) is 1.53. The van der Waals surface area contributed by atoms with E-state index in [9.17, 15) is 20.1 Å². The van der Waals surface area contributed by atoms with Crippen molar-refractivity contribution >= 4 is 12.1 Å². The summed E-state index contributed by atoms with van der Waals surface area (Å²) in [6, 6.07) is 11.1. The SMILES string of the molecule is CCOC(=O)N1CC=C2C(C#N)=C(N)C(C#N)(C(=O)OCC)C(c3ccc(OC)cc3)C2C1. The summed E-state index contributed by atoms with van der Waals surface area (Å²) in [6.45, 7) is 3.95. The lowest BCUT2D eigenvalue weighted by atomic mass is 9.57. The smallest absolute Gasteiger partial charge is 0.410 e. The van der Waals surface area contributed by atoms with Crippen LogP contribution in [0.25, 0.3) is 0 Å². The van der Waals surface area contributed by atoms with Gasteiger partial charge in [-0.15, -0.1) is 0 Å². The van der Waals surface area contributed by atoms with Crippen LogP contribution in [0.3, 0.4) is 0 Å². The Kier molecular flexibility index (Phi) is 6.93. The maximum Gasteiger partial charge on any atom is 0.410 e. The molecule has 3 unspecified atom stereocenters. The first kappa shape index (κ1) is 23.7. The summed E-state index contributed by atoms with van der Waals surface area (Å²) in [6.07, 6.45) is 1.22. The fourth-order valence-corrected chi connectivity index (χ4v) is 4.60. The monoisotopic (exact) mass is 450 g/mol. The Morgan fingerprint density at radius 3 is 2.39 bits per heavy atom. The lowest BCUT2D eigenvalue weighted by molar-refractivity contribution is -0.152. The molecule has 3 rings (SSSR count). The lowest BCUT2D eigenvalue weighted by Crippen LogP contribution is -2.53. The van der Waals surface area contributed by atoms with Gasteiger partial charge in [-0.25, -0.2) is 9.59 Å². The molecule has 0 saturated heterocycles. The molecular formula is C24H26N4O5. The van der Waals surface area contributed by atoms with Gasteiger partial charge in [-0.1, -0.05) is 18.2 Å². The van der Waals surface area contributed by atoms with Crippen LogP contribution < -0.4 is 10.5 Å². The van der Waals surface area contributed by atoms with E-state index in [1.807, 2.05) is 0 Å². The van der Waals surface area contributed by atoms with E-state index in [2.05, 4.69) is 12.1 Å². The minimum atomic E-state index is -1.95. The van der Waals surface area contributed by atoms with Crippen molar-refractivity contribution in [1.29, 1.82) is 10.5 Å². The third-order valence-corrected chi connectivity index (χ3v) is 6.09. The van der Waals surface area contributed by atoms with Gasteiger partial charge in [-0.3, -0.25) is 0 Å². The van der Waals surface area contributed by atoms with Crippen LogP contribution >= 0.6 is 0 Å². The predicted octanol–water partition coefficient (Wildman–Crippen LogP) is 2.62. The van der Waals surface area contributed by atoms with E-state index < -0.39 is 29.3 Å². The molecule has 9 nitrogen and oxygen atoms in total. The number of ether oxygens (including phenoxy) is 3. The van der Waals surface area contributed by atoms with Gasteiger partial charge in [-0.05, 0) is 37.1 Å². The average molecular weight is 450 g/mol. The summed E-state index contributed by atoms with van der Waals surface area (Å²) in [4.78, 5) is 27.3. The molecule has 1 aromatic rings. The van der Waals surface area contributed by atoms with Gasteiger partial charge >= 0.3 is 12.1 Å². The van der Waals surface area contributed by atoms with Crippen LogP contribution in [0.1, 0.15) is 25.3 Å². The van der Waals surface area contributed by atoms with Crippen LogP contribution in [0.5, 0.6) is 5.75 Å². The zero-order valence-corrected chi connectivity index (χ0v) is 18.8. The number of fused-ring (bicyclic) bond motifs is 1. The Balaban J connectivity index is 2.27. The average Bonchev–Trinajstić information content (AvgIpc) is 2.83. The van der Waals surface area contributed by atoms with Gasteiger partial charge < -0.3 is 24.8 Å². The van der Waals surface area contributed by atoms with Crippen LogP contribution in [-0.2, 0) is 14.3 Å². The van der Waals surface area contributed by atoms with Crippen LogP contribution in [-0.4, -0.2) is 50.4 Å². The third kappa shape index (κ3) is 3.87. The van der Waals surface area contributed by atoms with Crippen molar-refractivity contribution in [2.24, 2.45) is 17.1 Å². The number of amides is 1. The highest BCUT2D eigenvalue weighted by molar-refractivity contribution is 5.88. The molecule has 33 heavy (non-hydrogen) atoms. The first-order chi connectivity index (χ1) is 15.9. The number of carbonyl (C=O) groups excluding carboxylic acids is 2. The molecule has 1 aliphatic heterocycles. The first-order valence-electron chi connectivity index (χ1n) is 10.6. The summed E-state index contributed by atoms with van der Waals surface area (Å²) >= 11 is 0. The first-order valence-corrected chi connectivity index (χ1v) is 10.6. The van der Waals surface area contributed by atoms with Crippen molar-refractivity contribution < 1.29 is 23.8 Å². The van der Waals surface area contributed by atoms with E-state index in [4.69, 9.17) is 19.9 Å². The van der Waals surface area contributed by atoms with E-state index >= 15 is 0 Å². The third-order valence-electron chi connectivity index (χ3n) is 6.09. The van der Waals surface area contributed by atoms with Gasteiger partial charge in [-0.2, -0.15) is 10.5 Å². The molecule has 1 aromatic carbocycles. The van der Waals surface area contributed by atoms with Crippen LogP contribution in [0, 0.1) is 34.0 Å². The summed E-state index contributed by atoms with van der Waals surface area (Å²) in [5, 5.41) is 20.3. The standard InChI is InChI=1S/C24H26N4O5/c1-4-32-22(29)24(14-26)20(15-6-8-16(31-3)9-7-15)19-13-28(23(30)33-5-2)11-10-17(19)18(12-25)21(24)27/h6-10,19-20H,4-5,11,13,27H2,1-3H3. The Morgan fingerprint density at radius 1 is 1.18 bits per heavy atom. The zero-order valence-electron chi connectivity index (χ0n) is 18.8. The summed E-state index contributed by atoms with van der Waals surface area (Å²) in [5.74, 6) is -1.61. The van der Waals surface area contributed by atoms with E-state index in [-0.39, 0.29) is 37.6 Å². The van der Waals surface area contributed by atoms with Crippen LogP contribution in [0.15, 0.2) is 47.2 Å². The number of nitrogens with zero attached hydrogens (tertiary/aromatic N) is 3. The number of hydrogen-bond acceptors (Lipinski definition) is 8. The summed E-state index contributed by atoms with van der Waals surface area (Å²) in [5.41, 5.74) is 5.62. The number of benzene rings is 1. The highest BCUT2D eigenvalue weighted by atomic mass is 16.6. The number of nitrogens with two attached hydrogens (primary N) is 1. The van der Waals surface area contributed by atoms with Gasteiger partial charge in [0.2, 0.25) is 5.41 Å². The van der Waals surface area contributed by atoms with Gasteiger partial charge in [0.1, 0.15) is 11.8 Å². The van der Waals surface area contributed by atoms with Gasteiger partial charge in [0, 0.05) is 24.9 Å². The van der Waals surface area contributed by atoms with Crippen molar-refractivity contribution in [3.63, 3.8) is 0 Å². The zero-order chi connectivity index (χ0) is 24.2. The molecule has 9 heteroatoms. The molecule has 0 bridgehead atoms. The largest absolute Gasteiger partial charge is 0.497 e. The Labute approximate surface area is 192 Å². The molecule has 3 atom stereocenters. The van der Waals surface area contributed by atoms with Crippen molar-refractivity contribution in [2.45, 2.75) is 19.8 Å². The second kappa shape index (κ2) is 9.66. The van der Waals surface area contributed by atoms with E-state index in [0.29, 0.717) is 16.9 Å². The fraction of sp³-hybridized carbons (Fsp3) is 0.417. The quantitative estimate of drug-likeness (QED) is 0.676. The predicted molar refractivity (Wildman–Crippen MR) is 117 cm³/mol. The number of hydrogen-bond donors (Lipinski definition) is 1. The minimum Gasteiger partial charge on any atom is -0.497 e. The number of esters is 1. The van der Waals surface area contributed by atoms with E-state index in [0.717, 1.165) is 0 Å². The molecule has 172 valence electrons. The number of allylic oxidation sites excluding steroid dienone is 1. The molecule has 0 radical (unpaired) electrons. The molecule has 2 N–H and O–H groups in total. The maximum absolute atomic E-state index is 13.3. The van der Waals surface area contributed by atoms with Crippen LogP contribution in [0.4, 0.5) is 4.79 Å². The highest BCUT2D eigenvalue weighted by Gasteiger charge is 2.59. The number of methoxy groups -OCH3 is 1. The Bertz CT molecular complexity index is 1080. The number of carbonyl (C=O) groups is 2. The molecule has 0 aromatic heterocycles. The fourth-order valence-electron chi connectivity index (χ4n) is 4.60. The molecule has 2 aliphatic rings. The van der Waals surface area contributed by atoms with Crippen molar-refractivity contribution in [2.75, 3.05) is 33.4 Å². The second-order valence-electron chi connectivity index (χ2n) is 7.66. The van der Waals surface area contributed by atoms with E-state index in [1.165, 1.54) is 12.0 Å². The molecule has 1 amide bonds. The Morgan fingerprint density at radius 2 is 1.85 bits per heavy atom. The topological polar surface area (TPSA) is 139 Å². The highest BCUT2D eigenvalue weighted by Crippen LogP contribution is 2.55. The van der Waals surface area contributed by atoms with Crippen molar-refractivity contribution in [3.8, 4) is 17.9 Å². The summed E-state index contributed by atoms with van der Waals surface area (Å²) < 4.78 is 15.7. The van der Waals surface area contributed by atoms with Crippen molar-refractivity contribution in [3.05, 3.63) is 52.7 Å². The molecule has 0 fully saturated rings. The molecule has 0 spiro atoms. The maximum atomic E-state index is 13.3. The van der Waals surface area contributed by atoms with Gasteiger partial charge in [0.05, 0.1) is 37.7 Å². The Hall–Kier alpha value is -3.98. The molecule has 1 heterocycles. The van der Waals surface area contributed by atoms with Crippen molar-refractivity contribution in [1.82, 2.24) is 4.90 Å². The second-order valence-corrected chi connectivity index (χ2v) is 7.66. The number of rotatable bonds is 5. The minimum absolute atomic E-state index is 0.0368. The molecule has 0 saturated carbocycles. The van der Waals surface area contributed by atoms with Gasteiger partial charge in [0.15, 0.2) is 0 Å². The molecule has 1 aliphatic carbocycles. The van der Waals surface area contributed by atoms with Crippen LogP contribution in [0.2, 0.25) is 0 Å².